The number of Topliss-reactive ketones (excluding diaryl/α,β-unsaturated/α-hetero) is 1. The van der Waals surface area contributed by atoms with Gasteiger partial charge in [0, 0.05) is 12.0 Å². The Kier molecular flexibility index (Phi) is 5.33. The molecule has 3 aromatic rings. The van der Waals surface area contributed by atoms with Gasteiger partial charge < -0.3 is 19.8 Å². The highest BCUT2D eigenvalue weighted by molar-refractivity contribution is 6.08. The molecule has 3 rings (SSSR count). The topological polar surface area (TPSA) is 97.3 Å². The van der Waals surface area contributed by atoms with Crippen LogP contribution in [-0.4, -0.2) is 17.7 Å². The molecule has 0 aliphatic rings. The van der Waals surface area contributed by atoms with E-state index >= 15 is 0 Å². The minimum Gasteiger partial charge on any atom is -0.549 e. The van der Waals surface area contributed by atoms with E-state index in [1.165, 1.54) is 6.07 Å². The summed E-state index contributed by atoms with van der Waals surface area (Å²) in [5, 5.41) is 25.3. The van der Waals surface area contributed by atoms with Gasteiger partial charge in [0.05, 0.1) is 17.4 Å². The number of benzene rings is 3. The first kappa shape index (κ1) is 20.0. The van der Waals surface area contributed by atoms with Crippen molar-refractivity contribution in [2.24, 2.45) is 0 Å². The maximum Gasteiger partial charge on any atom is 0.164 e. The Balaban J connectivity index is 2.25. The fourth-order valence-electron chi connectivity index (χ4n) is 3.52. The van der Waals surface area contributed by atoms with Gasteiger partial charge in [-0.3, -0.25) is 4.79 Å². The van der Waals surface area contributed by atoms with E-state index in [1.807, 2.05) is 6.92 Å². The number of carboxylic acid groups (broad SMARTS) is 2. The molecule has 146 valence electrons. The monoisotopic (exact) mass is 386 g/mol. The molecule has 29 heavy (non-hydrogen) atoms. The summed E-state index contributed by atoms with van der Waals surface area (Å²) >= 11 is 0. The Morgan fingerprint density at radius 1 is 0.897 bits per heavy atom. The van der Waals surface area contributed by atoms with Crippen molar-refractivity contribution < 1.29 is 24.6 Å². The molecule has 0 spiro atoms. The second-order valence-electron chi connectivity index (χ2n) is 6.95. The van der Waals surface area contributed by atoms with Crippen molar-refractivity contribution in [3.63, 3.8) is 0 Å². The summed E-state index contributed by atoms with van der Waals surface area (Å²) in [4.78, 5) is 37.1. The zero-order valence-corrected chi connectivity index (χ0v) is 15.8. The molecule has 0 aliphatic heterocycles. The summed E-state index contributed by atoms with van der Waals surface area (Å²) in [7, 11) is 0. The second kappa shape index (κ2) is 7.72. The molecule has 1 unspecified atom stereocenters. The minimum absolute atomic E-state index is 0.130. The van der Waals surface area contributed by atoms with Crippen molar-refractivity contribution in [2.45, 2.75) is 18.8 Å². The highest BCUT2D eigenvalue weighted by Gasteiger charge is 2.41. The zero-order chi connectivity index (χ0) is 21.2. The lowest BCUT2D eigenvalue weighted by Crippen LogP contribution is -2.52. The van der Waals surface area contributed by atoms with Gasteiger partial charge in [-0.05, 0) is 28.8 Å². The number of aliphatic carboxylic acids is 2. The van der Waals surface area contributed by atoms with E-state index in [-0.39, 0.29) is 11.1 Å². The number of hydrogen-bond acceptors (Lipinski definition) is 5. The third kappa shape index (κ3) is 3.55. The maximum absolute atomic E-state index is 13.0. The van der Waals surface area contributed by atoms with Crippen LogP contribution in [-0.2, 0) is 15.0 Å². The fraction of sp³-hybridized carbons (Fsp3) is 0.125. The standard InChI is InChI=1S/C24H20O5/c1-15-10-12-18(13-11-15)21(25)14-24(23(28)29,16(2)22(26)27)20-9-5-7-17-6-3-4-8-19(17)20/h3-13H,2,14H2,1H3,(H,26,27)(H,28,29)/p-2. The molecule has 0 heterocycles. The molecule has 0 saturated carbocycles. The van der Waals surface area contributed by atoms with Gasteiger partial charge >= 0.3 is 0 Å². The summed E-state index contributed by atoms with van der Waals surface area (Å²) in [6.07, 6.45) is -0.654. The molecule has 0 aliphatic carbocycles. The molecular formula is C24H18O5-2. The van der Waals surface area contributed by atoms with Gasteiger partial charge in [0.1, 0.15) is 0 Å². The lowest BCUT2D eigenvalue weighted by molar-refractivity contribution is -0.316. The molecule has 5 heteroatoms. The van der Waals surface area contributed by atoms with Gasteiger partial charge in [-0.25, -0.2) is 0 Å². The predicted molar refractivity (Wildman–Crippen MR) is 105 cm³/mol. The van der Waals surface area contributed by atoms with Crippen LogP contribution in [0.4, 0.5) is 0 Å². The van der Waals surface area contributed by atoms with Gasteiger partial charge in [0.15, 0.2) is 5.78 Å². The summed E-state index contributed by atoms with van der Waals surface area (Å²) in [6, 6.07) is 18.4. The number of rotatable bonds is 7. The average Bonchev–Trinajstić information content (AvgIpc) is 2.71. The molecule has 0 amide bonds. The lowest BCUT2D eigenvalue weighted by atomic mass is 9.69. The maximum atomic E-state index is 13.0. The summed E-state index contributed by atoms with van der Waals surface area (Å²) < 4.78 is 0. The molecule has 0 N–H and O–H groups in total. The Morgan fingerprint density at radius 3 is 2.14 bits per heavy atom. The van der Waals surface area contributed by atoms with Gasteiger partial charge in [0.2, 0.25) is 0 Å². The van der Waals surface area contributed by atoms with E-state index in [0.29, 0.717) is 10.8 Å². The quantitative estimate of drug-likeness (QED) is 0.455. The lowest BCUT2D eigenvalue weighted by Gasteiger charge is -2.38. The molecule has 3 aromatic carbocycles. The second-order valence-corrected chi connectivity index (χ2v) is 6.95. The molecular weight excluding hydrogens is 368 g/mol. The Morgan fingerprint density at radius 2 is 1.52 bits per heavy atom. The molecule has 5 nitrogen and oxygen atoms in total. The van der Waals surface area contributed by atoms with Crippen LogP contribution in [0.15, 0.2) is 78.9 Å². The van der Waals surface area contributed by atoms with Gasteiger partial charge in [-0.2, -0.15) is 0 Å². The van der Waals surface area contributed by atoms with E-state index in [0.717, 1.165) is 5.56 Å². The van der Waals surface area contributed by atoms with Gasteiger partial charge in [-0.1, -0.05) is 78.9 Å². The number of carbonyl (C=O) groups is 3. The molecule has 0 saturated heterocycles. The third-order valence-corrected chi connectivity index (χ3v) is 5.16. The summed E-state index contributed by atoms with van der Waals surface area (Å²) in [5.41, 5.74) is -1.67. The SMILES string of the molecule is C=C(C(=O)[O-])C(CC(=O)c1ccc(C)cc1)(C(=O)[O-])c1cccc2ccccc12. The van der Waals surface area contributed by atoms with E-state index in [4.69, 9.17) is 0 Å². The molecule has 0 bridgehead atoms. The normalized spacial score (nSPS) is 12.9. The van der Waals surface area contributed by atoms with Crippen LogP contribution in [0.25, 0.3) is 10.8 Å². The predicted octanol–water partition coefficient (Wildman–Crippen LogP) is 1.72. The first-order valence-corrected chi connectivity index (χ1v) is 8.97. The van der Waals surface area contributed by atoms with Gasteiger partial charge in [-0.15, -0.1) is 0 Å². The van der Waals surface area contributed by atoms with Crippen molar-refractivity contribution in [1.82, 2.24) is 0 Å². The summed E-state index contributed by atoms with van der Waals surface area (Å²) in [5.74, 6) is -4.01. The van der Waals surface area contributed by atoms with Crippen molar-refractivity contribution in [2.75, 3.05) is 0 Å². The number of fused-ring (bicyclic) bond motifs is 1. The highest BCUT2D eigenvalue weighted by atomic mass is 16.4. The van der Waals surface area contributed by atoms with E-state index in [1.54, 1.807) is 60.7 Å². The van der Waals surface area contributed by atoms with Crippen molar-refractivity contribution in [3.8, 4) is 0 Å². The van der Waals surface area contributed by atoms with Crippen LogP contribution >= 0.6 is 0 Å². The van der Waals surface area contributed by atoms with Gasteiger partial charge in [0.25, 0.3) is 0 Å². The smallest absolute Gasteiger partial charge is 0.164 e. The van der Waals surface area contributed by atoms with Crippen LogP contribution in [0.1, 0.15) is 27.9 Å². The van der Waals surface area contributed by atoms with Crippen LogP contribution in [0, 0.1) is 6.92 Å². The van der Waals surface area contributed by atoms with Crippen LogP contribution < -0.4 is 10.2 Å². The van der Waals surface area contributed by atoms with Crippen LogP contribution in [0.3, 0.4) is 0 Å². The van der Waals surface area contributed by atoms with E-state index in [9.17, 15) is 24.6 Å². The van der Waals surface area contributed by atoms with E-state index < -0.39 is 35.1 Å². The minimum atomic E-state index is -2.28. The van der Waals surface area contributed by atoms with Crippen LogP contribution in [0.2, 0.25) is 0 Å². The Labute approximate surface area is 167 Å². The van der Waals surface area contributed by atoms with E-state index in [2.05, 4.69) is 6.58 Å². The Bertz CT molecular complexity index is 1120. The number of carboxylic acids is 2. The number of hydrogen-bond donors (Lipinski definition) is 0. The third-order valence-electron chi connectivity index (χ3n) is 5.16. The van der Waals surface area contributed by atoms with Crippen LogP contribution in [0.5, 0.6) is 0 Å². The molecule has 0 fully saturated rings. The van der Waals surface area contributed by atoms with Crippen molar-refractivity contribution in [1.29, 1.82) is 0 Å². The largest absolute Gasteiger partial charge is 0.549 e. The number of ketones is 1. The molecule has 0 radical (unpaired) electrons. The first-order chi connectivity index (χ1) is 13.8. The number of carbonyl (C=O) groups excluding carboxylic acids is 3. The molecule has 0 aromatic heterocycles. The van der Waals surface area contributed by atoms with Crippen molar-refractivity contribution >= 4 is 28.5 Å². The summed E-state index contributed by atoms with van der Waals surface area (Å²) in [6.45, 7) is 5.31. The molecule has 1 atom stereocenters. The number of aryl methyl sites for hydroxylation is 1. The highest BCUT2D eigenvalue weighted by Crippen LogP contribution is 2.39. The van der Waals surface area contributed by atoms with Crippen molar-refractivity contribution in [3.05, 3.63) is 95.6 Å². The fourth-order valence-corrected chi connectivity index (χ4v) is 3.52. The zero-order valence-electron chi connectivity index (χ0n) is 15.8. The average molecular weight is 386 g/mol. The Hall–Kier alpha value is -3.73. The first-order valence-electron chi connectivity index (χ1n) is 8.97.